The fourth-order valence-corrected chi connectivity index (χ4v) is 2.74. The van der Waals surface area contributed by atoms with Crippen LogP contribution in [0.1, 0.15) is 34.6 Å². The highest BCUT2D eigenvalue weighted by Crippen LogP contribution is 2.19. The van der Waals surface area contributed by atoms with Gasteiger partial charge in [0.1, 0.15) is 0 Å². The molecule has 1 aromatic carbocycles. The lowest BCUT2D eigenvalue weighted by atomic mass is 10.1. The number of imidazole rings is 1. The van der Waals surface area contributed by atoms with Crippen LogP contribution in [0.5, 0.6) is 0 Å². The number of benzene rings is 1. The molecule has 26 heavy (non-hydrogen) atoms. The third kappa shape index (κ3) is 4.15. The molecule has 0 saturated heterocycles. The predicted molar refractivity (Wildman–Crippen MR) is 102 cm³/mol. The van der Waals surface area contributed by atoms with Crippen molar-refractivity contribution in [2.75, 3.05) is 12.4 Å². The second-order valence-corrected chi connectivity index (χ2v) is 6.36. The number of anilines is 1. The number of nitrogens with one attached hydrogen (secondary N) is 1. The van der Waals surface area contributed by atoms with Crippen molar-refractivity contribution in [1.29, 1.82) is 0 Å². The summed E-state index contributed by atoms with van der Waals surface area (Å²) < 4.78 is 1.77. The number of pyridine rings is 1. The Kier molecular flexibility index (Phi) is 5.43. The minimum Gasteiger partial charge on any atom is -0.320 e. The SMILES string of the molecule is C[C@H](c1ccccn1)N(C)Cc1cccc(C(=O)Nc2nccn2C)c1. The zero-order valence-electron chi connectivity index (χ0n) is 15.3. The van der Waals surface area contributed by atoms with Crippen LogP contribution in [0, 0.1) is 0 Å². The average Bonchev–Trinajstić information content (AvgIpc) is 3.06. The molecule has 6 heteroatoms. The highest BCUT2D eigenvalue weighted by molar-refractivity contribution is 6.03. The Morgan fingerprint density at radius 1 is 1.19 bits per heavy atom. The fourth-order valence-electron chi connectivity index (χ4n) is 2.74. The van der Waals surface area contributed by atoms with Gasteiger partial charge in [0.25, 0.3) is 5.91 Å². The monoisotopic (exact) mass is 349 g/mol. The van der Waals surface area contributed by atoms with Gasteiger partial charge in [-0.3, -0.25) is 20.0 Å². The molecule has 2 heterocycles. The summed E-state index contributed by atoms with van der Waals surface area (Å²) in [6.07, 6.45) is 5.25. The summed E-state index contributed by atoms with van der Waals surface area (Å²) in [6, 6.07) is 13.8. The number of amides is 1. The molecule has 134 valence electrons. The van der Waals surface area contributed by atoms with Crippen molar-refractivity contribution in [1.82, 2.24) is 19.4 Å². The van der Waals surface area contributed by atoms with Crippen LogP contribution in [-0.2, 0) is 13.6 Å². The number of carbonyl (C=O) groups excluding carboxylic acids is 1. The van der Waals surface area contributed by atoms with Gasteiger partial charge in [-0.25, -0.2) is 4.98 Å². The minimum absolute atomic E-state index is 0.165. The highest BCUT2D eigenvalue weighted by atomic mass is 16.1. The summed E-state index contributed by atoms with van der Waals surface area (Å²) in [5.41, 5.74) is 2.71. The van der Waals surface area contributed by atoms with E-state index in [4.69, 9.17) is 0 Å². The molecular weight excluding hydrogens is 326 g/mol. The van der Waals surface area contributed by atoms with Gasteiger partial charge in [-0.1, -0.05) is 18.2 Å². The maximum absolute atomic E-state index is 12.5. The van der Waals surface area contributed by atoms with E-state index in [-0.39, 0.29) is 11.9 Å². The van der Waals surface area contributed by atoms with E-state index in [1.54, 1.807) is 17.0 Å². The summed E-state index contributed by atoms with van der Waals surface area (Å²) >= 11 is 0. The van der Waals surface area contributed by atoms with Gasteiger partial charge in [0.05, 0.1) is 5.69 Å². The van der Waals surface area contributed by atoms with Crippen LogP contribution in [-0.4, -0.2) is 32.4 Å². The summed E-state index contributed by atoms with van der Waals surface area (Å²) in [7, 11) is 3.90. The van der Waals surface area contributed by atoms with Crippen LogP contribution in [0.15, 0.2) is 61.1 Å². The summed E-state index contributed by atoms with van der Waals surface area (Å²) in [5, 5.41) is 2.82. The number of aromatic nitrogens is 3. The molecule has 6 nitrogen and oxygen atoms in total. The molecule has 0 fully saturated rings. The van der Waals surface area contributed by atoms with Gasteiger partial charge >= 0.3 is 0 Å². The van der Waals surface area contributed by atoms with Crippen LogP contribution >= 0.6 is 0 Å². The molecule has 0 aliphatic carbocycles. The second kappa shape index (κ2) is 7.93. The first-order valence-corrected chi connectivity index (χ1v) is 8.53. The molecule has 1 amide bonds. The minimum atomic E-state index is -0.165. The molecule has 0 aliphatic rings. The van der Waals surface area contributed by atoms with E-state index >= 15 is 0 Å². The topological polar surface area (TPSA) is 63.1 Å². The Balaban J connectivity index is 1.69. The van der Waals surface area contributed by atoms with E-state index in [9.17, 15) is 4.79 Å². The highest BCUT2D eigenvalue weighted by Gasteiger charge is 2.14. The maximum atomic E-state index is 12.5. The van der Waals surface area contributed by atoms with E-state index < -0.39 is 0 Å². The Morgan fingerprint density at radius 3 is 2.73 bits per heavy atom. The molecule has 1 atom stereocenters. The number of rotatable bonds is 6. The summed E-state index contributed by atoms with van der Waals surface area (Å²) in [6.45, 7) is 2.85. The van der Waals surface area contributed by atoms with Crippen LogP contribution in [0.25, 0.3) is 0 Å². The Hall–Kier alpha value is -2.99. The van der Waals surface area contributed by atoms with Gasteiger partial charge in [-0.15, -0.1) is 0 Å². The van der Waals surface area contributed by atoms with Gasteiger partial charge in [0.15, 0.2) is 0 Å². The van der Waals surface area contributed by atoms with Crippen molar-refractivity contribution in [3.05, 3.63) is 77.9 Å². The smallest absolute Gasteiger partial charge is 0.257 e. The lowest BCUT2D eigenvalue weighted by molar-refractivity contribution is 0.102. The average molecular weight is 349 g/mol. The van der Waals surface area contributed by atoms with Crippen LogP contribution in [0.4, 0.5) is 5.95 Å². The van der Waals surface area contributed by atoms with Gasteiger partial charge < -0.3 is 4.57 Å². The van der Waals surface area contributed by atoms with Gasteiger partial charge in [-0.2, -0.15) is 0 Å². The van der Waals surface area contributed by atoms with E-state index in [0.29, 0.717) is 11.5 Å². The molecular formula is C20H23N5O. The van der Waals surface area contributed by atoms with Gasteiger partial charge in [0, 0.05) is 43.8 Å². The van der Waals surface area contributed by atoms with Gasteiger partial charge in [0.2, 0.25) is 5.95 Å². The van der Waals surface area contributed by atoms with Crippen molar-refractivity contribution in [3.63, 3.8) is 0 Å². The third-order valence-corrected chi connectivity index (χ3v) is 4.44. The number of hydrogen-bond acceptors (Lipinski definition) is 4. The maximum Gasteiger partial charge on any atom is 0.257 e. The van der Waals surface area contributed by atoms with Crippen LogP contribution in [0.2, 0.25) is 0 Å². The summed E-state index contributed by atoms with van der Waals surface area (Å²) in [5.74, 6) is 0.364. The van der Waals surface area contributed by atoms with Crippen molar-refractivity contribution >= 4 is 11.9 Å². The molecule has 2 aromatic heterocycles. The zero-order valence-corrected chi connectivity index (χ0v) is 15.3. The molecule has 0 bridgehead atoms. The van der Waals surface area contributed by atoms with Crippen molar-refractivity contribution in [2.24, 2.45) is 7.05 Å². The van der Waals surface area contributed by atoms with Crippen LogP contribution in [0.3, 0.4) is 0 Å². The molecule has 0 spiro atoms. The number of aryl methyl sites for hydroxylation is 1. The molecule has 0 unspecified atom stereocenters. The fraction of sp³-hybridized carbons (Fsp3) is 0.250. The first-order chi connectivity index (χ1) is 12.5. The van der Waals surface area contributed by atoms with Crippen molar-refractivity contribution < 1.29 is 4.79 Å². The largest absolute Gasteiger partial charge is 0.320 e. The third-order valence-electron chi connectivity index (χ3n) is 4.44. The number of hydrogen-bond donors (Lipinski definition) is 1. The van der Waals surface area contributed by atoms with E-state index in [0.717, 1.165) is 17.8 Å². The first-order valence-electron chi connectivity index (χ1n) is 8.53. The quantitative estimate of drug-likeness (QED) is 0.742. The Labute approximate surface area is 153 Å². The predicted octanol–water partition coefficient (Wildman–Crippen LogP) is 3.26. The second-order valence-electron chi connectivity index (χ2n) is 6.36. The zero-order chi connectivity index (χ0) is 18.5. The molecule has 3 aromatic rings. The summed E-state index contributed by atoms with van der Waals surface area (Å²) in [4.78, 5) is 23.2. The van der Waals surface area contributed by atoms with Crippen molar-refractivity contribution in [2.45, 2.75) is 19.5 Å². The Bertz CT molecular complexity index is 875. The van der Waals surface area contributed by atoms with Crippen LogP contribution < -0.4 is 5.32 Å². The molecule has 1 N–H and O–H groups in total. The van der Waals surface area contributed by atoms with E-state index in [1.165, 1.54) is 0 Å². The number of nitrogens with zero attached hydrogens (tertiary/aromatic N) is 4. The lowest BCUT2D eigenvalue weighted by Gasteiger charge is -2.24. The van der Waals surface area contributed by atoms with E-state index in [1.807, 2.05) is 55.7 Å². The van der Waals surface area contributed by atoms with E-state index in [2.05, 4.69) is 34.2 Å². The molecule has 0 radical (unpaired) electrons. The molecule has 0 aliphatic heterocycles. The Morgan fingerprint density at radius 2 is 2.04 bits per heavy atom. The molecule has 3 rings (SSSR count). The van der Waals surface area contributed by atoms with Crippen molar-refractivity contribution in [3.8, 4) is 0 Å². The first kappa shape index (κ1) is 17.8. The standard InChI is InChI=1S/C20H23N5O/c1-15(18-9-4-5-10-21-18)25(3)14-16-7-6-8-17(13-16)19(26)23-20-22-11-12-24(20)2/h4-13,15H,14H2,1-3H3,(H,22,23,26)/t15-/m1/s1. The normalized spacial score (nSPS) is 12.2. The lowest BCUT2D eigenvalue weighted by Crippen LogP contribution is -2.23. The molecule has 0 saturated carbocycles. The van der Waals surface area contributed by atoms with Gasteiger partial charge in [-0.05, 0) is 43.8 Å². The number of carbonyl (C=O) groups is 1.